The van der Waals surface area contributed by atoms with Gasteiger partial charge in [-0.2, -0.15) is 0 Å². The van der Waals surface area contributed by atoms with Crippen LogP contribution in [-0.2, 0) is 0 Å². The van der Waals surface area contributed by atoms with Gasteiger partial charge in [0.15, 0.2) is 0 Å². The number of benzene rings is 1. The molecule has 0 aliphatic rings. The van der Waals surface area contributed by atoms with E-state index in [4.69, 9.17) is 6.57 Å². The van der Waals surface area contributed by atoms with Crippen molar-refractivity contribution in [1.29, 1.82) is 0 Å². The molecule has 0 saturated heterocycles. The van der Waals surface area contributed by atoms with Crippen LogP contribution >= 0.6 is 0 Å². The Morgan fingerprint density at radius 3 is 2.58 bits per heavy atom. The van der Waals surface area contributed by atoms with Crippen LogP contribution in [0.25, 0.3) is 4.85 Å². The first-order valence-electron chi connectivity index (χ1n) is 3.82. The van der Waals surface area contributed by atoms with Crippen molar-refractivity contribution in [2.45, 2.75) is 19.8 Å². The Balaban J connectivity index is 3.25. The van der Waals surface area contributed by atoms with Crippen LogP contribution in [0, 0.1) is 12.4 Å². The van der Waals surface area contributed by atoms with Crippen molar-refractivity contribution in [2.24, 2.45) is 0 Å². The molecule has 0 aromatic heterocycles. The zero-order valence-corrected chi connectivity index (χ0v) is 7.13. The number of hydrogen-bond acceptors (Lipinski definition) is 0. The lowest BCUT2D eigenvalue weighted by Crippen LogP contribution is -1.91. The lowest BCUT2D eigenvalue weighted by molar-refractivity contribution is 0.604. The molecule has 0 unspecified atom stereocenters. The molecule has 12 heavy (non-hydrogen) atoms. The van der Waals surface area contributed by atoms with Crippen molar-refractivity contribution in [1.82, 2.24) is 0 Å². The molecule has 0 fully saturated rings. The van der Waals surface area contributed by atoms with Gasteiger partial charge in [-0.15, -0.1) is 0 Å². The third-order valence-corrected chi connectivity index (χ3v) is 1.75. The maximum Gasteiger partial charge on any atom is 0.222 e. The molecule has 1 rings (SSSR count). The number of nitrogens with zero attached hydrogens (tertiary/aromatic N) is 1. The second kappa shape index (κ2) is 3.36. The van der Waals surface area contributed by atoms with E-state index in [0.717, 1.165) is 0 Å². The lowest BCUT2D eigenvalue weighted by Gasteiger charge is -2.06. The van der Waals surface area contributed by atoms with Gasteiger partial charge in [0, 0.05) is 0 Å². The van der Waals surface area contributed by atoms with Crippen molar-refractivity contribution in [3.05, 3.63) is 41.0 Å². The predicted octanol–water partition coefficient (Wildman–Crippen LogP) is 3.50. The SMILES string of the molecule is [C-]#[N+]c1cccc(C(C)C)c1F. The zero-order chi connectivity index (χ0) is 9.14. The number of halogens is 1. The van der Waals surface area contributed by atoms with E-state index in [-0.39, 0.29) is 17.4 Å². The molecule has 0 atom stereocenters. The Morgan fingerprint density at radius 1 is 1.42 bits per heavy atom. The highest BCUT2D eigenvalue weighted by atomic mass is 19.1. The Hall–Kier alpha value is -1.36. The van der Waals surface area contributed by atoms with Crippen LogP contribution in [0.5, 0.6) is 0 Å². The summed E-state index contributed by atoms with van der Waals surface area (Å²) in [5.41, 5.74) is 0.727. The first-order chi connectivity index (χ1) is 5.66. The molecule has 0 amide bonds. The van der Waals surface area contributed by atoms with Gasteiger partial charge in [-0.25, -0.2) is 9.24 Å². The molecule has 62 valence electrons. The van der Waals surface area contributed by atoms with E-state index in [1.165, 1.54) is 6.07 Å². The molecule has 0 N–H and O–H groups in total. The van der Waals surface area contributed by atoms with Gasteiger partial charge in [-0.3, -0.25) is 0 Å². The monoisotopic (exact) mass is 163 g/mol. The summed E-state index contributed by atoms with van der Waals surface area (Å²) >= 11 is 0. The smallest absolute Gasteiger partial charge is 0.222 e. The van der Waals surface area contributed by atoms with Crippen LogP contribution < -0.4 is 0 Å². The normalized spacial score (nSPS) is 9.92. The van der Waals surface area contributed by atoms with Crippen molar-refractivity contribution in [3.8, 4) is 0 Å². The van der Waals surface area contributed by atoms with E-state index >= 15 is 0 Å². The van der Waals surface area contributed by atoms with Gasteiger partial charge in [0.2, 0.25) is 5.69 Å². The van der Waals surface area contributed by atoms with Gasteiger partial charge in [0.25, 0.3) is 0 Å². The fourth-order valence-electron chi connectivity index (χ4n) is 1.07. The predicted molar refractivity (Wildman–Crippen MR) is 46.8 cm³/mol. The summed E-state index contributed by atoms with van der Waals surface area (Å²) in [6, 6.07) is 4.93. The van der Waals surface area contributed by atoms with Gasteiger partial charge in [-0.05, 0) is 11.5 Å². The maximum absolute atomic E-state index is 13.3. The summed E-state index contributed by atoms with van der Waals surface area (Å²) in [6.07, 6.45) is 0. The third kappa shape index (κ3) is 1.45. The first-order valence-corrected chi connectivity index (χ1v) is 3.82. The quantitative estimate of drug-likeness (QED) is 0.558. The summed E-state index contributed by atoms with van der Waals surface area (Å²) in [5.74, 6) is -0.241. The Kier molecular flexibility index (Phi) is 2.44. The van der Waals surface area contributed by atoms with Gasteiger partial charge < -0.3 is 0 Å². The minimum Gasteiger partial charge on any atom is -0.235 e. The van der Waals surface area contributed by atoms with Crippen LogP contribution in [0.1, 0.15) is 25.3 Å². The molecule has 0 bridgehead atoms. The molecule has 1 aromatic carbocycles. The minimum atomic E-state index is -0.373. The molecule has 2 heteroatoms. The van der Waals surface area contributed by atoms with E-state index in [2.05, 4.69) is 4.85 Å². The molecular weight excluding hydrogens is 153 g/mol. The van der Waals surface area contributed by atoms with Crippen LogP contribution in [0.4, 0.5) is 10.1 Å². The number of hydrogen-bond donors (Lipinski definition) is 0. The molecular formula is C10H10FN. The van der Waals surface area contributed by atoms with Gasteiger partial charge in [0.1, 0.15) is 5.82 Å². The van der Waals surface area contributed by atoms with E-state index < -0.39 is 0 Å². The highest BCUT2D eigenvalue weighted by Crippen LogP contribution is 2.25. The second-order valence-corrected chi connectivity index (χ2v) is 2.95. The number of rotatable bonds is 1. The second-order valence-electron chi connectivity index (χ2n) is 2.95. The lowest BCUT2D eigenvalue weighted by atomic mass is 10.0. The van der Waals surface area contributed by atoms with Gasteiger partial charge in [0.05, 0.1) is 6.57 Å². The standard InChI is InChI=1S/C10H10FN/c1-7(2)8-5-4-6-9(12-3)10(8)11/h4-7H,1-2H3. The van der Waals surface area contributed by atoms with E-state index in [9.17, 15) is 4.39 Å². The Labute approximate surface area is 71.7 Å². The Morgan fingerprint density at radius 2 is 2.08 bits per heavy atom. The molecule has 0 radical (unpaired) electrons. The molecule has 0 aliphatic carbocycles. The van der Waals surface area contributed by atoms with Crippen molar-refractivity contribution < 1.29 is 4.39 Å². The highest BCUT2D eigenvalue weighted by Gasteiger charge is 2.09. The molecule has 0 spiro atoms. The molecule has 1 nitrogen and oxygen atoms in total. The Bertz CT molecular complexity index is 323. The highest BCUT2D eigenvalue weighted by molar-refractivity contribution is 5.49. The summed E-state index contributed by atoms with van der Waals surface area (Å²) in [7, 11) is 0. The fraction of sp³-hybridized carbons (Fsp3) is 0.300. The molecule has 0 aliphatic heterocycles. The fourth-order valence-corrected chi connectivity index (χ4v) is 1.07. The van der Waals surface area contributed by atoms with Gasteiger partial charge in [-0.1, -0.05) is 32.0 Å². The van der Waals surface area contributed by atoms with Crippen molar-refractivity contribution in [2.75, 3.05) is 0 Å². The van der Waals surface area contributed by atoms with E-state index in [0.29, 0.717) is 5.56 Å². The van der Waals surface area contributed by atoms with Crippen LogP contribution in [0.2, 0.25) is 0 Å². The summed E-state index contributed by atoms with van der Waals surface area (Å²) < 4.78 is 13.3. The summed E-state index contributed by atoms with van der Waals surface area (Å²) in [6.45, 7) is 10.5. The summed E-state index contributed by atoms with van der Waals surface area (Å²) in [4.78, 5) is 3.09. The first kappa shape index (κ1) is 8.73. The third-order valence-electron chi connectivity index (χ3n) is 1.75. The molecule has 1 aromatic rings. The minimum absolute atomic E-state index is 0.112. The van der Waals surface area contributed by atoms with Crippen LogP contribution in [-0.4, -0.2) is 0 Å². The van der Waals surface area contributed by atoms with Crippen molar-refractivity contribution in [3.63, 3.8) is 0 Å². The van der Waals surface area contributed by atoms with Gasteiger partial charge >= 0.3 is 0 Å². The largest absolute Gasteiger partial charge is 0.235 e. The average Bonchev–Trinajstić information content (AvgIpc) is 2.04. The maximum atomic E-state index is 13.3. The van der Waals surface area contributed by atoms with Crippen LogP contribution in [0.15, 0.2) is 18.2 Å². The average molecular weight is 163 g/mol. The zero-order valence-electron chi connectivity index (χ0n) is 7.13. The summed E-state index contributed by atoms with van der Waals surface area (Å²) in [5, 5.41) is 0. The molecule has 0 saturated carbocycles. The molecule has 0 heterocycles. The van der Waals surface area contributed by atoms with E-state index in [1.807, 2.05) is 13.8 Å². The van der Waals surface area contributed by atoms with Crippen LogP contribution in [0.3, 0.4) is 0 Å². The topological polar surface area (TPSA) is 4.36 Å². The van der Waals surface area contributed by atoms with E-state index in [1.54, 1.807) is 12.1 Å². The van der Waals surface area contributed by atoms with Crippen molar-refractivity contribution >= 4 is 5.69 Å².